The van der Waals surface area contributed by atoms with E-state index in [0.29, 0.717) is 25.2 Å². The Bertz CT molecular complexity index is 1100. The number of aliphatic hydroxyl groups is 3. The van der Waals surface area contributed by atoms with Gasteiger partial charge < -0.3 is 53.4 Å². The standard InChI is InChI=1S/C37H63NO11/c1-21-18-26(16-17-39)34(35(44-10)28(41)19-29(42)45-22(2)14-12-11-13-15-27(21)40)49-36-32(43)31(38(8)9)33(25(5)47-36)48-30-20-37(6,7)23(3)24(4)46-30/h11-13,15,17,21-28,30-36,40-41,43H,14,16,18-20H2,1-10H3/b12-11+,15-13+/t21-,22-,23+,24?,25-,26+,27+,28-,30+,31?,32?,33-,34+,35+,36+/m1/s1. The van der Waals surface area contributed by atoms with E-state index >= 15 is 0 Å². The van der Waals surface area contributed by atoms with Crippen molar-refractivity contribution in [1.29, 1.82) is 0 Å². The van der Waals surface area contributed by atoms with Crippen LogP contribution in [0.3, 0.4) is 0 Å². The van der Waals surface area contributed by atoms with Gasteiger partial charge >= 0.3 is 5.97 Å². The molecular weight excluding hydrogens is 634 g/mol. The molecule has 0 aromatic rings. The molecule has 0 saturated carbocycles. The SMILES string of the molecule is CO[C@@H]1[C@@H](O[C@@H]2O[C@H](C)[C@@H](O[C@H]3CC(C)(C)[C@@H](C)C(C)O3)C(N(C)C)C2O)[C@@H](CC=O)C[C@@H](C)[C@@H](O)/C=C/C=C/C[C@@H](C)OC(=O)C[C@H]1O. The van der Waals surface area contributed by atoms with E-state index in [9.17, 15) is 24.9 Å². The Kier molecular flexibility index (Phi) is 15.9. The number of likely N-dealkylation sites (N-methyl/N-ethyl adjacent to an activating group) is 1. The van der Waals surface area contributed by atoms with Gasteiger partial charge in [0.1, 0.15) is 30.7 Å². The highest BCUT2D eigenvalue weighted by atomic mass is 16.7. The lowest BCUT2D eigenvalue weighted by molar-refractivity contribution is -0.338. The van der Waals surface area contributed by atoms with Gasteiger partial charge in [-0.15, -0.1) is 0 Å². The molecule has 3 unspecified atom stereocenters. The molecule has 0 radical (unpaired) electrons. The number of hydrogen-bond donors (Lipinski definition) is 3. The van der Waals surface area contributed by atoms with Gasteiger partial charge in [-0.2, -0.15) is 0 Å². The molecular formula is C37H63NO11. The maximum atomic E-state index is 12.8. The Hall–Kier alpha value is -1.74. The molecule has 0 amide bonds. The third-order valence-electron chi connectivity index (χ3n) is 10.8. The molecule has 49 heavy (non-hydrogen) atoms. The van der Waals surface area contributed by atoms with Crippen LogP contribution in [0.2, 0.25) is 0 Å². The van der Waals surface area contributed by atoms with Gasteiger partial charge in [0, 0.05) is 26.4 Å². The molecule has 282 valence electrons. The molecule has 0 aliphatic carbocycles. The van der Waals surface area contributed by atoms with Gasteiger partial charge in [-0.25, -0.2) is 0 Å². The summed E-state index contributed by atoms with van der Waals surface area (Å²) in [5, 5.41) is 34.2. The van der Waals surface area contributed by atoms with E-state index in [1.54, 1.807) is 25.2 Å². The number of methoxy groups -OCH3 is 1. The second-order valence-corrected chi connectivity index (χ2v) is 15.3. The molecule has 2 fully saturated rings. The van der Waals surface area contributed by atoms with Gasteiger partial charge in [0.25, 0.3) is 0 Å². The topological polar surface area (TPSA) is 153 Å². The average molecular weight is 698 g/mol. The molecule has 0 bridgehead atoms. The van der Waals surface area contributed by atoms with E-state index in [2.05, 4.69) is 20.8 Å². The fraction of sp³-hybridized carbons (Fsp3) is 0.838. The monoisotopic (exact) mass is 697 g/mol. The summed E-state index contributed by atoms with van der Waals surface area (Å²) in [6.07, 6.45) is -0.0462. The van der Waals surface area contributed by atoms with Crippen LogP contribution >= 0.6 is 0 Å². The Morgan fingerprint density at radius 2 is 1.67 bits per heavy atom. The second-order valence-electron chi connectivity index (χ2n) is 15.3. The number of nitrogens with zero attached hydrogens (tertiary/aromatic N) is 1. The van der Waals surface area contributed by atoms with Crippen LogP contribution in [0.4, 0.5) is 0 Å². The normalized spacial score (nSPS) is 44.2. The predicted molar refractivity (Wildman–Crippen MR) is 183 cm³/mol. The first-order valence-electron chi connectivity index (χ1n) is 17.8. The molecule has 0 spiro atoms. The predicted octanol–water partition coefficient (Wildman–Crippen LogP) is 3.40. The number of aldehydes is 1. The lowest BCUT2D eigenvalue weighted by atomic mass is 9.73. The first-order chi connectivity index (χ1) is 23.0. The zero-order valence-electron chi connectivity index (χ0n) is 31.1. The summed E-state index contributed by atoms with van der Waals surface area (Å²) in [7, 11) is 5.08. The number of cyclic esters (lactones) is 1. The summed E-state index contributed by atoms with van der Waals surface area (Å²) in [6, 6.07) is -0.577. The quantitative estimate of drug-likeness (QED) is 0.252. The van der Waals surface area contributed by atoms with Crippen LogP contribution in [0, 0.1) is 23.2 Å². The van der Waals surface area contributed by atoms with Crippen molar-refractivity contribution in [1.82, 2.24) is 4.90 Å². The molecule has 15 atom stereocenters. The lowest BCUT2D eigenvalue weighted by Crippen LogP contribution is -2.65. The second kappa shape index (κ2) is 18.7. The maximum Gasteiger partial charge on any atom is 0.308 e. The summed E-state index contributed by atoms with van der Waals surface area (Å²) in [4.78, 5) is 26.8. The number of carbonyl (C=O) groups is 2. The van der Waals surface area contributed by atoms with E-state index in [4.69, 9.17) is 28.4 Å². The van der Waals surface area contributed by atoms with E-state index in [1.165, 1.54) is 7.11 Å². The molecule has 3 heterocycles. The fourth-order valence-electron chi connectivity index (χ4n) is 7.37. The highest BCUT2D eigenvalue weighted by Gasteiger charge is 2.51. The van der Waals surface area contributed by atoms with E-state index < -0.39 is 79.3 Å². The summed E-state index contributed by atoms with van der Waals surface area (Å²) in [5.74, 6) is -1.19. The van der Waals surface area contributed by atoms with Crippen molar-refractivity contribution in [2.75, 3.05) is 21.2 Å². The zero-order valence-corrected chi connectivity index (χ0v) is 31.1. The van der Waals surface area contributed by atoms with Crippen LogP contribution in [-0.2, 0) is 38.0 Å². The van der Waals surface area contributed by atoms with Crippen molar-refractivity contribution >= 4 is 12.3 Å². The van der Waals surface area contributed by atoms with Gasteiger partial charge in [-0.05, 0) is 64.5 Å². The molecule has 2 saturated heterocycles. The van der Waals surface area contributed by atoms with Crippen LogP contribution in [-0.4, -0.2) is 127 Å². The van der Waals surface area contributed by atoms with Crippen LogP contribution in [0.25, 0.3) is 0 Å². The highest BCUT2D eigenvalue weighted by Crippen LogP contribution is 2.42. The third kappa shape index (κ3) is 11.1. The first-order valence-corrected chi connectivity index (χ1v) is 17.8. The minimum Gasteiger partial charge on any atom is -0.462 e. The average Bonchev–Trinajstić information content (AvgIpc) is 3.00. The number of hydrogen-bond acceptors (Lipinski definition) is 12. The van der Waals surface area contributed by atoms with E-state index in [1.807, 2.05) is 45.8 Å². The van der Waals surface area contributed by atoms with E-state index in [-0.39, 0.29) is 30.3 Å². The minimum atomic E-state index is -1.37. The Balaban J connectivity index is 1.94. The summed E-state index contributed by atoms with van der Waals surface area (Å²) < 4.78 is 37.1. The third-order valence-corrected chi connectivity index (χ3v) is 10.8. The molecule has 3 aliphatic heterocycles. The number of aliphatic hydroxyl groups excluding tert-OH is 3. The smallest absolute Gasteiger partial charge is 0.308 e. The summed E-state index contributed by atoms with van der Waals surface area (Å²) in [5.41, 5.74) is -0.0194. The lowest BCUT2D eigenvalue weighted by Gasteiger charge is -2.50. The van der Waals surface area contributed by atoms with Crippen molar-refractivity contribution in [2.24, 2.45) is 23.2 Å². The maximum absolute atomic E-state index is 12.8. The Morgan fingerprint density at radius 3 is 2.29 bits per heavy atom. The Labute approximate surface area is 293 Å². The van der Waals surface area contributed by atoms with Crippen LogP contribution in [0.15, 0.2) is 24.3 Å². The van der Waals surface area contributed by atoms with Crippen molar-refractivity contribution in [3.05, 3.63) is 24.3 Å². The summed E-state index contributed by atoms with van der Waals surface area (Å²) >= 11 is 0. The number of esters is 1. The number of rotatable bonds is 8. The van der Waals surface area contributed by atoms with Gasteiger partial charge in [0.05, 0.1) is 43.0 Å². The molecule has 0 aromatic heterocycles. The first kappa shape index (κ1) is 41.7. The van der Waals surface area contributed by atoms with Crippen LogP contribution in [0.1, 0.15) is 80.6 Å². The number of ether oxygens (including phenoxy) is 6. The van der Waals surface area contributed by atoms with Gasteiger partial charge in [0.15, 0.2) is 12.6 Å². The fourth-order valence-corrected chi connectivity index (χ4v) is 7.37. The largest absolute Gasteiger partial charge is 0.462 e. The highest BCUT2D eigenvalue weighted by molar-refractivity contribution is 5.70. The number of allylic oxidation sites excluding steroid dienone is 2. The molecule has 12 heteroatoms. The molecule has 3 aliphatic rings. The Morgan fingerprint density at radius 1 is 0.980 bits per heavy atom. The molecule has 3 rings (SSSR count). The van der Waals surface area contributed by atoms with Crippen LogP contribution in [0.5, 0.6) is 0 Å². The number of carbonyl (C=O) groups excluding carboxylic acids is 2. The van der Waals surface area contributed by atoms with Gasteiger partial charge in [-0.1, -0.05) is 52.0 Å². The minimum absolute atomic E-state index is 0.00598. The molecule has 0 aromatic carbocycles. The van der Waals surface area contributed by atoms with Crippen LogP contribution < -0.4 is 0 Å². The summed E-state index contributed by atoms with van der Waals surface area (Å²) in [6.45, 7) is 14.1. The van der Waals surface area contributed by atoms with Crippen molar-refractivity contribution in [3.8, 4) is 0 Å². The molecule has 3 N–H and O–H groups in total. The van der Waals surface area contributed by atoms with Crippen molar-refractivity contribution in [3.63, 3.8) is 0 Å². The van der Waals surface area contributed by atoms with Crippen molar-refractivity contribution in [2.45, 2.75) is 154 Å². The molecule has 12 nitrogen and oxygen atoms in total. The van der Waals surface area contributed by atoms with Gasteiger partial charge in [-0.3, -0.25) is 4.79 Å². The van der Waals surface area contributed by atoms with Crippen molar-refractivity contribution < 1.29 is 53.3 Å². The van der Waals surface area contributed by atoms with E-state index in [0.717, 1.165) is 6.29 Å². The van der Waals surface area contributed by atoms with Gasteiger partial charge in [0.2, 0.25) is 0 Å². The zero-order chi connectivity index (χ0) is 36.6.